The van der Waals surface area contributed by atoms with Gasteiger partial charge in [-0.2, -0.15) is 0 Å². The summed E-state index contributed by atoms with van der Waals surface area (Å²) in [4.78, 5) is 38.4. The Hall–Kier alpha value is -4.45. The molecule has 0 aliphatic rings. The Kier molecular flexibility index (Phi) is 66.3. The summed E-state index contributed by atoms with van der Waals surface area (Å²) in [6.07, 6.45) is 99.0. The minimum Gasteiger partial charge on any atom is -0.462 e. The van der Waals surface area contributed by atoms with Gasteiger partial charge in [0.05, 0.1) is 0 Å². The summed E-state index contributed by atoms with van der Waals surface area (Å²) in [7, 11) is 0. The second kappa shape index (κ2) is 70.0. The van der Waals surface area contributed by atoms with Crippen LogP contribution in [-0.4, -0.2) is 37.2 Å². The Bertz CT molecular complexity index is 1750. The summed E-state index contributed by atoms with van der Waals surface area (Å²) >= 11 is 0. The molecule has 0 aromatic heterocycles. The molecule has 0 aromatic rings. The summed E-state index contributed by atoms with van der Waals surface area (Å²) in [5.74, 6) is -0.961. The normalized spacial score (nSPS) is 13.0. The third-order valence-corrected chi connectivity index (χ3v) is 14.6. The highest BCUT2D eigenvalue weighted by molar-refractivity contribution is 5.71. The molecule has 0 rings (SSSR count). The highest BCUT2D eigenvalue weighted by Gasteiger charge is 2.19. The number of esters is 3. The molecule has 0 saturated carbocycles. The van der Waals surface area contributed by atoms with E-state index in [-0.39, 0.29) is 37.5 Å². The highest BCUT2D eigenvalue weighted by atomic mass is 16.6. The van der Waals surface area contributed by atoms with Gasteiger partial charge in [-0.25, -0.2) is 0 Å². The minimum absolute atomic E-state index is 0.102. The maximum Gasteiger partial charge on any atom is 0.306 e. The number of carbonyl (C=O) groups excluding carboxylic acids is 3. The van der Waals surface area contributed by atoms with Crippen LogP contribution in [0.5, 0.6) is 0 Å². The van der Waals surface area contributed by atoms with E-state index in [1.54, 1.807) is 0 Å². The molecular weight excluding hydrogens is 1020 g/mol. The van der Waals surface area contributed by atoms with E-state index < -0.39 is 6.10 Å². The number of ether oxygens (including phenoxy) is 3. The van der Waals surface area contributed by atoms with E-state index in [0.717, 1.165) is 116 Å². The van der Waals surface area contributed by atoms with Crippen molar-refractivity contribution in [3.63, 3.8) is 0 Å². The van der Waals surface area contributed by atoms with Gasteiger partial charge in [0.25, 0.3) is 0 Å². The van der Waals surface area contributed by atoms with Crippen LogP contribution in [0.25, 0.3) is 0 Å². The lowest BCUT2D eigenvalue weighted by Gasteiger charge is -2.18. The van der Waals surface area contributed by atoms with Crippen LogP contribution in [0.3, 0.4) is 0 Å². The molecule has 0 spiro atoms. The fourth-order valence-electron chi connectivity index (χ4n) is 9.50. The van der Waals surface area contributed by atoms with Crippen molar-refractivity contribution >= 4 is 17.9 Å². The number of hydrogen-bond donors (Lipinski definition) is 0. The molecular formula is C77H128O6. The van der Waals surface area contributed by atoms with Gasteiger partial charge >= 0.3 is 17.9 Å². The molecule has 0 aliphatic heterocycles. The lowest BCUT2D eigenvalue weighted by molar-refractivity contribution is -0.167. The Balaban J connectivity index is 4.43. The standard InChI is InChI=1S/C77H128O6/c1-4-7-10-13-16-19-22-25-28-31-33-35-37-38-40-41-43-46-49-52-55-58-61-64-67-70-76(79)82-73-74(72-81-75(78)69-66-63-60-57-54-51-48-45-30-27-24-21-18-15-12-9-6-3)83-77(80)71-68-65-62-59-56-53-50-47-44-42-39-36-34-32-29-26-23-20-17-14-11-8-5-2/h7,9-10,12,16,18-19,21,25,27-28,30,32-35,38,40,48,51,57,60,74H,4-6,8,11,13-15,17,20,22-24,26,29,31,36-37,39,41-47,49-50,52-56,58-59,61-73H2,1-3H3/b10-7-,12-9-,19-16-,21-18-,28-25-,30-27-,34-32-,35-33-,40-38-,51-48-,60-57-. The van der Waals surface area contributed by atoms with E-state index in [2.05, 4.69) is 154 Å². The van der Waals surface area contributed by atoms with Crippen LogP contribution in [0.1, 0.15) is 316 Å². The summed E-state index contributed by atoms with van der Waals surface area (Å²) in [5.41, 5.74) is 0. The molecule has 1 atom stereocenters. The van der Waals surface area contributed by atoms with Crippen LogP contribution in [0.15, 0.2) is 134 Å². The smallest absolute Gasteiger partial charge is 0.306 e. The van der Waals surface area contributed by atoms with E-state index >= 15 is 0 Å². The molecule has 0 bridgehead atoms. The predicted octanol–water partition coefficient (Wildman–Crippen LogP) is 24.1. The van der Waals surface area contributed by atoms with Gasteiger partial charge in [-0.05, 0) is 128 Å². The first-order valence-corrected chi connectivity index (χ1v) is 34.7. The second-order valence-corrected chi connectivity index (χ2v) is 22.7. The number of hydrogen-bond acceptors (Lipinski definition) is 6. The maximum absolute atomic E-state index is 13.0. The summed E-state index contributed by atoms with van der Waals surface area (Å²) < 4.78 is 16.9. The molecule has 0 fully saturated rings. The minimum atomic E-state index is -0.811. The summed E-state index contributed by atoms with van der Waals surface area (Å²) in [5, 5.41) is 0. The third kappa shape index (κ3) is 68.2. The monoisotopic (exact) mass is 1150 g/mol. The van der Waals surface area contributed by atoms with Crippen molar-refractivity contribution < 1.29 is 28.6 Å². The average molecular weight is 1150 g/mol. The second-order valence-electron chi connectivity index (χ2n) is 22.7. The van der Waals surface area contributed by atoms with Crippen molar-refractivity contribution in [2.75, 3.05) is 13.2 Å². The molecule has 0 aromatic carbocycles. The molecule has 1 unspecified atom stereocenters. The van der Waals surface area contributed by atoms with Gasteiger partial charge in [0.2, 0.25) is 0 Å². The lowest BCUT2D eigenvalue weighted by atomic mass is 10.0. The SMILES string of the molecule is CC/C=C\C/C=C\C/C=C\C/C=C\C/C=C\CCCCCCCCCCCC(=O)OCC(COC(=O)CCC/C=C\C/C=C\C/C=C\C/C=C\C/C=C\CC)OC(=O)CCCCCCCCCCCCC/C=C\CCCCCCCCCC. The van der Waals surface area contributed by atoms with Crippen molar-refractivity contribution in [2.24, 2.45) is 0 Å². The summed E-state index contributed by atoms with van der Waals surface area (Å²) in [6, 6.07) is 0. The molecule has 0 saturated heterocycles. The Morgan fingerprint density at radius 3 is 0.795 bits per heavy atom. The molecule has 0 amide bonds. The zero-order valence-corrected chi connectivity index (χ0v) is 54.2. The summed E-state index contributed by atoms with van der Waals surface area (Å²) in [6.45, 7) is 6.39. The van der Waals surface area contributed by atoms with Crippen LogP contribution < -0.4 is 0 Å². The van der Waals surface area contributed by atoms with Crippen LogP contribution >= 0.6 is 0 Å². The van der Waals surface area contributed by atoms with Crippen molar-refractivity contribution in [3.8, 4) is 0 Å². The zero-order valence-electron chi connectivity index (χ0n) is 54.2. The van der Waals surface area contributed by atoms with Gasteiger partial charge in [-0.3, -0.25) is 14.4 Å². The number of allylic oxidation sites excluding steroid dienone is 22. The van der Waals surface area contributed by atoms with Gasteiger partial charge in [-0.15, -0.1) is 0 Å². The topological polar surface area (TPSA) is 78.9 Å². The zero-order chi connectivity index (χ0) is 59.9. The quantitative estimate of drug-likeness (QED) is 0.0261. The number of rotatable bonds is 62. The van der Waals surface area contributed by atoms with Gasteiger partial charge in [0.15, 0.2) is 6.10 Å². The largest absolute Gasteiger partial charge is 0.462 e. The number of carbonyl (C=O) groups is 3. The van der Waals surface area contributed by atoms with Gasteiger partial charge in [0, 0.05) is 19.3 Å². The molecule has 0 heterocycles. The van der Waals surface area contributed by atoms with E-state index in [4.69, 9.17) is 14.2 Å². The highest BCUT2D eigenvalue weighted by Crippen LogP contribution is 2.16. The van der Waals surface area contributed by atoms with Crippen LogP contribution in [0.2, 0.25) is 0 Å². The molecule has 6 heteroatoms. The van der Waals surface area contributed by atoms with Gasteiger partial charge in [0.1, 0.15) is 13.2 Å². The first kappa shape index (κ1) is 78.5. The van der Waals surface area contributed by atoms with Crippen molar-refractivity contribution in [1.29, 1.82) is 0 Å². The van der Waals surface area contributed by atoms with Crippen molar-refractivity contribution in [2.45, 2.75) is 322 Å². The number of unbranched alkanes of at least 4 members (excludes halogenated alkanes) is 29. The maximum atomic E-state index is 13.0. The van der Waals surface area contributed by atoms with Crippen LogP contribution in [0.4, 0.5) is 0 Å². The van der Waals surface area contributed by atoms with Gasteiger partial charge < -0.3 is 14.2 Å². The molecule has 472 valence electrons. The van der Waals surface area contributed by atoms with Crippen molar-refractivity contribution in [3.05, 3.63) is 134 Å². The van der Waals surface area contributed by atoms with Crippen LogP contribution in [-0.2, 0) is 28.6 Å². The third-order valence-electron chi connectivity index (χ3n) is 14.6. The molecule has 0 aliphatic carbocycles. The molecule has 0 radical (unpaired) electrons. The Morgan fingerprint density at radius 1 is 0.253 bits per heavy atom. The van der Waals surface area contributed by atoms with Crippen LogP contribution in [0, 0.1) is 0 Å². The lowest BCUT2D eigenvalue weighted by Crippen LogP contribution is -2.30. The van der Waals surface area contributed by atoms with E-state index in [1.165, 1.54) is 154 Å². The van der Waals surface area contributed by atoms with Gasteiger partial charge in [-0.1, -0.05) is 302 Å². The van der Waals surface area contributed by atoms with Crippen molar-refractivity contribution in [1.82, 2.24) is 0 Å². The Morgan fingerprint density at radius 2 is 0.482 bits per heavy atom. The predicted molar refractivity (Wildman–Crippen MR) is 362 cm³/mol. The molecule has 6 nitrogen and oxygen atoms in total. The first-order valence-electron chi connectivity index (χ1n) is 34.7. The van der Waals surface area contributed by atoms with E-state index in [0.29, 0.717) is 19.3 Å². The fraction of sp³-hybridized carbons (Fsp3) is 0.675. The first-order chi connectivity index (χ1) is 41.0. The fourth-order valence-corrected chi connectivity index (χ4v) is 9.50. The average Bonchev–Trinajstić information content (AvgIpc) is 3.49. The Labute approximate surface area is 513 Å². The van der Waals surface area contributed by atoms with E-state index in [1.807, 2.05) is 0 Å². The van der Waals surface area contributed by atoms with E-state index in [9.17, 15) is 14.4 Å². The molecule has 83 heavy (non-hydrogen) atoms. The molecule has 0 N–H and O–H groups in total.